The molecule has 0 heterocycles. The van der Waals surface area contributed by atoms with Crippen LogP contribution in [-0.4, -0.2) is 6.54 Å². The molecule has 64 valence electrons. The molecular weight excluding hydrogens is 150 g/mol. The number of para-hydroxylation sites is 1. The molecule has 0 fully saturated rings. The average Bonchev–Trinajstić information content (AvgIpc) is 2.15. The van der Waals surface area contributed by atoms with Gasteiger partial charge < -0.3 is 10.3 Å². The van der Waals surface area contributed by atoms with Crippen LogP contribution in [0.15, 0.2) is 43.0 Å². The number of hydrogen-bond donors (Lipinski definition) is 0. The van der Waals surface area contributed by atoms with E-state index in [1.807, 2.05) is 18.2 Å². The van der Waals surface area contributed by atoms with Crippen molar-refractivity contribution in [1.29, 1.82) is 0 Å². The first-order valence-electron chi connectivity index (χ1n) is 3.95. The molecule has 2 nitrogen and oxygen atoms in total. The summed E-state index contributed by atoms with van der Waals surface area (Å²) in [6.45, 7) is 4.04. The Morgan fingerprint density at radius 1 is 1.33 bits per heavy atom. The van der Waals surface area contributed by atoms with E-state index in [0.29, 0.717) is 12.2 Å². The molecule has 0 aromatic heterocycles. The van der Waals surface area contributed by atoms with Gasteiger partial charge in [-0.2, -0.15) is 0 Å². The maximum absolute atomic E-state index is 11.3. The first kappa shape index (κ1) is 8.81. The molecule has 0 radical (unpaired) electrons. The molecule has 0 aliphatic carbocycles. The van der Waals surface area contributed by atoms with Gasteiger partial charge in [0.15, 0.2) is 0 Å². The standard InChI is InChI=1S/C10H12NO/c1-2-3-9-11(12)10-7-5-4-6-8-10/h2,4-8H,1,3,9H2/q-1. The molecule has 0 bridgehead atoms. The highest BCUT2D eigenvalue weighted by molar-refractivity contribution is 5.46. The first-order chi connectivity index (χ1) is 5.84. The predicted octanol–water partition coefficient (Wildman–Crippen LogP) is 2.57. The smallest absolute Gasteiger partial charge is 0.0259 e. The lowest BCUT2D eigenvalue weighted by Crippen LogP contribution is -2.15. The van der Waals surface area contributed by atoms with E-state index in [-0.39, 0.29) is 0 Å². The molecule has 1 aromatic carbocycles. The number of rotatable bonds is 4. The summed E-state index contributed by atoms with van der Waals surface area (Å²) >= 11 is 0. The molecule has 1 aromatic rings. The Bertz CT molecular complexity index is 233. The molecule has 0 spiro atoms. The largest absolute Gasteiger partial charge is 0.758 e. The van der Waals surface area contributed by atoms with Crippen LogP contribution in [0.1, 0.15) is 6.42 Å². The van der Waals surface area contributed by atoms with Crippen molar-refractivity contribution in [2.24, 2.45) is 0 Å². The lowest BCUT2D eigenvalue weighted by Gasteiger charge is -2.29. The molecule has 0 unspecified atom stereocenters. The van der Waals surface area contributed by atoms with E-state index in [4.69, 9.17) is 0 Å². The number of hydrogen-bond acceptors (Lipinski definition) is 2. The zero-order chi connectivity index (χ0) is 8.81. The molecule has 0 aliphatic heterocycles. The normalized spacial score (nSPS) is 9.42. The molecular formula is C10H12NO-. The molecule has 0 aliphatic rings. The summed E-state index contributed by atoms with van der Waals surface area (Å²) in [5.74, 6) is 0. The third-order valence-electron chi connectivity index (χ3n) is 1.58. The van der Waals surface area contributed by atoms with E-state index < -0.39 is 0 Å². The van der Waals surface area contributed by atoms with Crippen LogP contribution in [-0.2, 0) is 0 Å². The average molecular weight is 162 g/mol. The van der Waals surface area contributed by atoms with Gasteiger partial charge in [0.1, 0.15) is 0 Å². The van der Waals surface area contributed by atoms with E-state index in [1.165, 1.54) is 0 Å². The van der Waals surface area contributed by atoms with Gasteiger partial charge >= 0.3 is 0 Å². The lowest BCUT2D eigenvalue weighted by atomic mass is 10.3. The van der Waals surface area contributed by atoms with Crippen LogP contribution in [0.4, 0.5) is 5.69 Å². The zero-order valence-corrected chi connectivity index (χ0v) is 6.94. The molecule has 0 amide bonds. The van der Waals surface area contributed by atoms with Crippen LogP contribution in [0, 0.1) is 5.21 Å². The van der Waals surface area contributed by atoms with Gasteiger partial charge in [0.05, 0.1) is 0 Å². The van der Waals surface area contributed by atoms with Crippen LogP contribution in [0.3, 0.4) is 0 Å². The summed E-state index contributed by atoms with van der Waals surface area (Å²) in [5, 5.41) is 12.2. The highest BCUT2D eigenvalue weighted by Crippen LogP contribution is 2.11. The fourth-order valence-corrected chi connectivity index (χ4v) is 0.932. The first-order valence-corrected chi connectivity index (χ1v) is 3.95. The van der Waals surface area contributed by atoms with Crippen molar-refractivity contribution in [3.8, 4) is 0 Å². The minimum atomic E-state index is 0.480. The van der Waals surface area contributed by atoms with Crippen molar-refractivity contribution in [2.45, 2.75) is 6.42 Å². The van der Waals surface area contributed by atoms with Gasteiger partial charge in [-0.25, -0.2) is 0 Å². The highest BCUT2D eigenvalue weighted by Gasteiger charge is 1.90. The molecule has 12 heavy (non-hydrogen) atoms. The second-order valence-corrected chi connectivity index (χ2v) is 2.52. The van der Waals surface area contributed by atoms with E-state index >= 15 is 0 Å². The van der Waals surface area contributed by atoms with Crippen molar-refractivity contribution in [2.75, 3.05) is 11.6 Å². The summed E-state index contributed by atoms with van der Waals surface area (Å²) in [6, 6.07) is 9.21. The SMILES string of the molecule is C=CCCN([O-])c1ccccc1. The maximum Gasteiger partial charge on any atom is 0.0259 e. The summed E-state index contributed by atoms with van der Waals surface area (Å²) < 4.78 is 0. The van der Waals surface area contributed by atoms with Crippen LogP contribution in [0.5, 0.6) is 0 Å². The minimum Gasteiger partial charge on any atom is -0.758 e. The highest BCUT2D eigenvalue weighted by atomic mass is 16.5. The Labute approximate surface area is 72.7 Å². The predicted molar refractivity (Wildman–Crippen MR) is 52.0 cm³/mol. The second-order valence-electron chi connectivity index (χ2n) is 2.52. The van der Waals surface area contributed by atoms with Gasteiger partial charge in [-0.3, -0.25) is 0 Å². The fourth-order valence-electron chi connectivity index (χ4n) is 0.932. The molecule has 0 saturated heterocycles. The van der Waals surface area contributed by atoms with Crippen LogP contribution in [0.25, 0.3) is 0 Å². The van der Waals surface area contributed by atoms with E-state index in [2.05, 4.69) is 6.58 Å². The number of anilines is 1. The summed E-state index contributed by atoms with van der Waals surface area (Å²) in [4.78, 5) is 0. The number of hydroxylamine groups is 1. The molecule has 2 heteroatoms. The van der Waals surface area contributed by atoms with Crippen molar-refractivity contribution in [1.82, 2.24) is 0 Å². The summed E-state index contributed by atoms with van der Waals surface area (Å²) in [6.07, 6.45) is 2.46. The molecule has 1 rings (SSSR count). The van der Waals surface area contributed by atoms with Gasteiger partial charge in [0, 0.05) is 12.2 Å². The van der Waals surface area contributed by atoms with Gasteiger partial charge in [0.25, 0.3) is 0 Å². The zero-order valence-electron chi connectivity index (χ0n) is 6.94. The van der Waals surface area contributed by atoms with E-state index in [9.17, 15) is 5.21 Å². The van der Waals surface area contributed by atoms with Crippen LogP contribution in [0.2, 0.25) is 0 Å². The Morgan fingerprint density at radius 3 is 2.58 bits per heavy atom. The fraction of sp³-hybridized carbons (Fsp3) is 0.200. The van der Waals surface area contributed by atoms with Crippen molar-refractivity contribution < 1.29 is 0 Å². The maximum atomic E-state index is 11.3. The molecule has 0 N–H and O–H groups in total. The van der Waals surface area contributed by atoms with Gasteiger partial charge in [-0.15, -0.1) is 6.58 Å². The Kier molecular flexibility index (Phi) is 3.35. The summed E-state index contributed by atoms with van der Waals surface area (Å²) in [5.41, 5.74) is 0.708. The van der Waals surface area contributed by atoms with Crippen LogP contribution >= 0.6 is 0 Å². The van der Waals surface area contributed by atoms with Gasteiger partial charge in [-0.1, -0.05) is 24.3 Å². The van der Waals surface area contributed by atoms with E-state index in [0.717, 1.165) is 11.5 Å². The van der Waals surface area contributed by atoms with E-state index in [1.54, 1.807) is 18.2 Å². The van der Waals surface area contributed by atoms with Crippen molar-refractivity contribution >= 4 is 5.69 Å². The minimum absolute atomic E-state index is 0.480. The van der Waals surface area contributed by atoms with Crippen LogP contribution < -0.4 is 5.06 Å². The number of benzene rings is 1. The number of nitrogens with zero attached hydrogens (tertiary/aromatic N) is 1. The second kappa shape index (κ2) is 4.57. The Balaban J connectivity index is 2.53. The molecule has 0 atom stereocenters. The Morgan fingerprint density at radius 2 is 2.00 bits per heavy atom. The Hall–Kier alpha value is -1.28. The monoisotopic (exact) mass is 162 g/mol. The summed E-state index contributed by atoms with van der Waals surface area (Å²) in [7, 11) is 0. The third-order valence-corrected chi connectivity index (χ3v) is 1.58. The lowest BCUT2D eigenvalue weighted by molar-refractivity contribution is 0.940. The topological polar surface area (TPSA) is 26.3 Å². The van der Waals surface area contributed by atoms with Gasteiger partial charge in [0.2, 0.25) is 0 Å². The third kappa shape index (κ3) is 2.40. The van der Waals surface area contributed by atoms with Crippen molar-refractivity contribution in [3.05, 3.63) is 48.2 Å². The van der Waals surface area contributed by atoms with Gasteiger partial charge in [-0.05, 0) is 18.6 Å². The quantitative estimate of drug-likeness (QED) is 0.502. The molecule has 0 saturated carbocycles. The van der Waals surface area contributed by atoms with Crippen molar-refractivity contribution in [3.63, 3.8) is 0 Å².